The minimum Gasteiger partial charge on any atom is -0.366 e. The summed E-state index contributed by atoms with van der Waals surface area (Å²) in [6.45, 7) is 3.78. The molecule has 0 radical (unpaired) electrons. The largest absolute Gasteiger partial charge is 0.366 e. The minimum atomic E-state index is -2.58. The van der Waals surface area contributed by atoms with Crippen molar-refractivity contribution in [3.05, 3.63) is 71.5 Å². The van der Waals surface area contributed by atoms with Crippen LogP contribution in [0.15, 0.2) is 54.7 Å². The van der Waals surface area contributed by atoms with Crippen molar-refractivity contribution in [2.24, 2.45) is 7.05 Å². The van der Waals surface area contributed by atoms with E-state index in [1.54, 1.807) is 26.3 Å². The van der Waals surface area contributed by atoms with E-state index in [0.717, 1.165) is 16.7 Å². The van der Waals surface area contributed by atoms with Crippen LogP contribution < -0.4 is 5.32 Å². The summed E-state index contributed by atoms with van der Waals surface area (Å²) in [7, 11) is 3.21. The van der Waals surface area contributed by atoms with E-state index in [1.165, 1.54) is 10.9 Å². The Kier molecular flexibility index (Phi) is 7.06. The summed E-state index contributed by atoms with van der Waals surface area (Å²) in [6.07, 6.45) is -1.71. The number of halogens is 2. The summed E-state index contributed by atoms with van der Waals surface area (Å²) in [6, 6.07) is 14.9. The molecule has 0 unspecified atom stereocenters. The van der Waals surface area contributed by atoms with Crippen molar-refractivity contribution in [3.8, 4) is 23.0 Å². The van der Waals surface area contributed by atoms with Crippen LogP contribution in [0.1, 0.15) is 35.5 Å². The lowest BCUT2D eigenvalue weighted by Crippen LogP contribution is -2.19. The molecule has 0 aliphatic heterocycles. The standard InChI is InChI=1S/C25H25F2N3O2/c1-25(2,32-4)14-13-17-9-11-18(12-10-17)19-7-5-6-8-21(19)28-24(31)20-16-30(3)29-22(20)15-23(26)27/h5-12,16,23H,15H2,1-4H3,(H,28,31). The molecule has 166 valence electrons. The zero-order valence-corrected chi connectivity index (χ0v) is 18.4. The highest BCUT2D eigenvalue weighted by molar-refractivity contribution is 6.06. The molecule has 0 aliphatic carbocycles. The highest BCUT2D eigenvalue weighted by Gasteiger charge is 2.20. The SMILES string of the molecule is COC(C)(C)C#Cc1ccc(-c2ccccc2NC(=O)c2cn(C)nc2CC(F)F)cc1. The summed E-state index contributed by atoms with van der Waals surface area (Å²) in [4.78, 5) is 12.8. The Bertz CT molecular complexity index is 1160. The third kappa shape index (κ3) is 5.80. The van der Waals surface area contributed by atoms with Crippen molar-refractivity contribution in [1.29, 1.82) is 0 Å². The normalized spacial score (nSPS) is 11.2. The van der Waals surface area contributed by atoms with Gasteiger partial charge in [0.1, 0.15) is 5.60 Å². The molecule has 0 bridgehead atoms. The zero-order chi connectivity index (χ0) is 23.3. The maximum Gasteiger partial charge on any atom is 0.259 e. The number of benzene rings is 2. The fourth-order valence-electron chi connectivity index (χ4n) is 3.06. The Morgan fingerprint density at radius 3 is 2.53 bits per heavy atom. The molecule has 0 spiro atoms. The molecule has 0 saturated heterocycles. The molecule has 1 heterocycles. The molecular weight excluding hydrogens is 412 g/mol. The van der Waals surface area contributed by atoms with Gasteiger partial charge in [-0.3, -0.25) is 9.48 Å². The number of carbonyl (C=O) groups excluding carboxylic acids is 1. The number of aromatic nitrogens is 2. The number of carbonyl (C=O) groups is 1. The molecular formula is C25H25F2N3O2. The maximum atomic E-state index is 12.9. The van der Waals surface area contributed by atoms with E-state index in [4.69, 9.17) is 4.74 Å². The molecule has 32 heavy (non-hydrogen) atoms. The van der Waals surface area contributed by atoms with Gasteiger partial charge in [0.2, 0.25) is 6.43 Å². The van der Waals surface area contributed by atoms with Crippen LogP contribution in [0.5, 0.6) is 0 Å². The van der Waals surface area contributed by atoms with Gasteiger partial charge in [0.15, 0.2) is 0 Å². The molecule has 3 rings (SSSR count). The Morgan fingerprint density at radius 1 is 1.19 bits per heavy atom. The number of aryl methyl sites for hydroxylation is 1. The van der Waals surface area contributed by atoms with Gasteiger partial charge in [0.25, 0.3) is 5.91 Å². The molecule has 0 fully saturated rings. The fraction of sp³-hybridized carbons (Fsp3) is 0.280. The number of hydrogen-bond donors (Lipinski definition) is 1. The lowest BCUT2D eigenvalue weighted by molar-refractivity contribution is 0.0741. The molecule has 1 aromatic heterocycles. The topological polar surface area (TPSA) is 56.1 Å². The first-order valence-electron chi connectivity index (χ1n) is 10.1. The number of hydrogen-bond acceptors (Lipinski definition) is 3. The van der Waals surface area contributed by atoms with E-state index in [9.17, 15) is 13.6 Å². The highest BCUT2D eigenvalue weighted by Crippen LogP contribution is 2.29. The summed E-state index contributed by atoms with van der Waals surface area (Å²) < 4.78 is 32.4. The van der Waals surface area contributed by atoms with Gasteiger partial charge in [-0.15, -0.1) is 0 Å². The van der Waals surface area contributed by atoms with Gasteiger partial charge < -0.3 is 10.1 Å². The number of ether oxygens (including phenoxy) is 1. The average molecular weight is 437 g/mol. The predicted molar refractivity (Wildman–Crippen MR) is 121 cm³/mol. The highest BCUT2D eigenvalue weighted by atomic mass is 19.3. The van der Waals surface area contributed by atoms with E-state index < -0.39 is 24.4 Å². The van der Waals surface area contributed by atoms with Crippen molar-refractivity contribution in [2.75, 3.05) is 12.4 Å². The van der Waals surface area contributed by atoms with Gasteiger partial charge in [0, 0.05) is 37.2 Å². The minimum absolute atomic E-state index is 0.0689. The number of methoxy groups -OCH3 is 1. The Morgan fingerprint density at radius 2 is 1.88 bits per heavy atom. The molecule has 0 saturated carbocycles. The summed E-state index contributed by atoms with van der Waals surface area (Å²) in [5, 5.41) is 6.84. The van der Waals surface area contributed by atoms with E-state index in [-0.39, 0.29) is 11.3 Å². The first-order chi connectivity index (χ1) is 15.2. The number of anilines is 1. The number of rotatable bonds is 6. The van der Waals surface area contributed by atoms with Gasteiger partial charge in [0.05, 0.1) is 17.7 Å². The summed E-state index contributed by atoms with van der Waals surface area (Å²) in [5.41, 5.74) is 2.77. The number of amides is 1. The van der Waals surface area contributed by atoms with Gasteiger partial charge in [-0.2, -0.15) is 5.10 Å². The summed E-state index contributed by atoms with van der Waals surface area (Å²) >= 11 is 0. The first kappa shape index (κ1) is 23.2. The monoisotopic (exact) mass is 437 g/mol. The zero-order valence-electron chi connectivity index (χ0n) is 18.4. The quantitative estimate of drug-likeness (QED) is 0.557. The van der Waals surface area contributed by atoms with Crippen LogP contribution in [0, 0.1) is 11.8 Å². The lowest BCUT2D eigenvalue weighted by Gasteiger charge is -2.14. The maximum absolute atomic E-state index is 12.9. The number of para-hydroxylation sites is 1. The molecule has 7 heteroatoms. The van der Waals surface area contributed by atoms with E-state index in [0.29, 0.717) is 5.69 Å². The van der Waals surface area contributed by atoms with Gasteiger partial charge in [-0.1, -0.05) is 42.2 Å². The second-order valence-electron chi connectivity index (χ2n) is 7.80. The van der Waals surface area contributed by atoms with Crippen LogP contribution in [0.2, 0.25) is 0 Å². The smallest absolute Gasteiger partial charge is 0.259 e. The Labute approximate surface area is 186 Å². The first-order valence-corrected chi connectivity index (χ1v) is 10.1. The van der Waals surface area contributed by atoms with Gasteiger partial charge >= 0.3 is 0 Å². The van der Waals surface area contributed by atoms with Gasteiger partial charge in [-0.25, -0.2) is 8.78 Å². The molecule has 0 atom stereocenters. The molecule has 1 N–H and O–H groups in total. The number of nitrogens with one attached hydrogen (secondary N) is 1. The fourth-order valence-corrected chi connectivity index (χ4v) is 3.06. The number of nitrogens with zero attached hydrogens (tertiary/aromatic N) is 2. The summed E-state index contributed by atoms with van der Waals surface area (Å²) in [5.74, 6) is 5.68. The molecule has 1 amide bonds. The molecule has 3 aromatic rings. The second-order valence-corrected chi connectivity index (χ2v) is 7.80. The van der Waals surface area contributed by atoms with Crippen molar-refractivity contribution < 1.29 is 18.3 Å². The van der Waals surface area contributed by atoms with Crippen molar-refractivity contribution in [3.63, 3.8) is 0 Å². The van der Waals surface area contributed by atoms with Crippen LogP contribution >= 0.6 is 0 Å². The van der Waals surface area contributed by atoms with Crippen LogP contribution in [-0.2, 0) is 18.2 Å². The second kappa shape index (κ2) is 9.75. The van der Waals surface area contributed by atoms with Crippen LogP contribution in [0.25, 0.3) is 11.1 Å². The number of alkyl halides is 2. The average Bonchev–Trinajstić information content (AvgIpc) is 3.12. The van der Waals surface area contributed by atoms with Crippen molar-refractivity contribution in [1.82, 2.24) is 9.78 Å². The van der Waals surface area contributed by atoms with E-state index in [2.05, 4.69) is 22.3 Å². The van der Waals surface area contributed by atoms with Gasteiger partial charge in [-0.05, 0) is 37.6 Å². The lowest BCUT2D eigenvalue weighted by atomic mass is 10.0. The molecule has 5 nitrogen and oxygen atoms in total. The third-order valence-corrected chi connectivity index (χ3v) is 4.89. The van der Waals surface area contributed by atoms with Crippen molar-refractivity contribution in [2.45, 2.75) is 32.3 Å². The molecule has 0 aliphatic rings. The van der Waals surface area contributed by atoms with E-state index in [1.807, 2.05) is 50.2 Å². The third-order valence-electron chi connectivity index (χ3n) is 4.89. The Hall–Kier alpha value is -3.50. The van der Waals surface area contributed by atoms with E-state index >= 15 is 0 Å². The van der Waals surface area contributed by atoms with Crippen molar-refractivity contribution >= 4 is 11.6 Å². The Balaban J connectivity index is 1.85. The van der Waals surface area contributed by atoms with Crippen LogP contribution in [-0.4, -0.2) is 34.8 Å². The predicted octanol–water partition coefficient (Wildman–Crippen LogP) is 4.92. The van der Waals surface area contributed by atoms with Crippen LogP contribution in [0.4, 0.5) is 14.5 Å². The molecule has 2 aromatic carbocycles. The van der Waals surface area contributed by atoms with Crippen LogP contribution in [0.3, 0.4) is 0 Å².